The number of rotatable bonds is 8. The van der Waals surface area contributed by atoms with Crippen LogP contribution < -0.4 is 15.0 Å². The number of anilines is 2. The molecule has 12 heteroatoms. The van der Waals surface area contributed by atoms with Crippen LogP contribution in [0.3, 0.4) is 0 Å². The number of amides is 3. The number of nitro benzene ring substituents is 1. The Balaban J connectivity index is 1.32. The molecule has 4 aromatic rings. The summed E-state index contributed by atoms with van der Waals surface area (Å²) >= 11 is 2.61. The first-order valence-electron chi connectivity index (χ1n) is 11.5. The Morgan fingerprint density at radius 2 is 1.92 bits per heavy atom. The Bertz CT molecular complexity index is 1600. The lowest BCUT2D eigenvalue weighted by Crippen LogP contribution is -2.29. The van der Waals surface area contributed by atoms with E-state index < -0.39 is 27.7 Å². The van der Waals surface area contributed by atoms with Crippen LogP contribution >= 0.6 is 23.1 Å². The molecule has 0 saturated carbocycles. The molecule has 1 aromatic heterocycles. The second-order valence-corrected chi connectivity index (χ2v) is 10.9. The molecule has 10 nitrogen and oxygen atoms in total. The fourth-order valence-corrected chi connectivity index (χ4v) is 6.23. The van der Waals surface area contributed by atoms with E-state index in [1.54, 1.807) is 49.4 Å². The number of carbonyl (C=O) groups excluding carboxylic acids is 3. The maximum absolute atomic E-state index is 13.0. The Hall–Kier alpha value is -4.29. The number of nitrogens with one attached hydrogen (secondary N) is 1. The van der Waals surface area contributed by atoms with Crippen LogP contribution in [-0.2, 0) is 4.79 Å². The maximum Gasteiger partial charge on any atom is 0.283 e. The predicted octanol–water partition coefficient (Wildman–Crippen LogP) is 5.52. The van der Waals surface area contributed by atoms with E-state index in [2.05, 4.69) is 10.3 Å². The summed E-state index contributed by atoms with van der Waals surface area (Å²) in [5.41, 5.74) is 0.967. The Morgan fingerprint density at radius 3 is 2.63 bits per heavy atom. The van der Waals surface area contributed by atoms with Gasteiger partial charge < -0.3 is 10.1 Å². The molecule has 0 fully saturated rings. The fraction of sp³-hybridized carbons (Fsp3) is 0.154. The molecule has 0 aliphatic carbocycles. The van der Waals surface area contributed by atoms with Crippen molar-refractivity contribution in [2.75, 3.05) is 16.8 Å². The molecule has 1 N–H and O–H groups in total. The number of imide groups is 1. The van der Waals surface area contributed by atoms with Gasteiger partial charge in [-0.1, -0.05) is 17.8 Å². The van der Waals surface area contributed by atoms with Crippen molar-refractivity contribution in [3.63, 3.8) is 0 Å². The summed E-state index contributed by atoms with van der Waals surface area (Å²) in [7, 11) is 0. The number of ether oxygens (including phenoxy) is 1. The number of thioether (sulfide) groups is 1. The van der Waals surface area contributed by atoms with E-state index in [4.69, 9.17) is 4.74 Å². The van der Waals surface area contributed by atoms with Gasteiger partial charge in [-0.3, -0.25) is 24.5 Å². The monoisotopic (exact) mass is 548 g/mol. The lowest BCUT2D eigenvalue weighted by Gasteiger charge is -2.13. The average Bonchev–Trinajstić information content (AvgIpc) is 3.41. The Labute approximate surface area is 224 Å². The van der Waals surface area contributed by atoms with Gasteiger partial charge in [-0.15, -0.1) is 11.3 Å². The number of benzene rings is 3. The van der Waals surface area contributed by atoms with E-state index >= 15 is 0 Å². The number of aromatic nitrogens is 1. The van der Waals surface area contributed by atoms with Gasteiger partial charge in [-0.05, 0) is 62.4 Å². The van der Waals surface area contributed by atoms with Crippen LogP contribution in [0.5, 0.6) is 5.75 Å². The van der Waals surface area contributed by atoms with Crippen LogP contribution in [0.1, 0.15) is 34.6 Å². The smallest absolute Gasteiger partial charge is 0.283 e. The lowest BCUT2D eigenvalue weighted by atomic mass is 10.1. The van der Waals surface area contributed by atoms with Crippen molar-refractivity contribution in [2.45, 2.75) is 23.4 Å². The first kappa shape index (κ1) is 25.4. The molecule has 0 saturated heterocycles. The molecule has 1 aliphatic rings. The molecule has 0 radical (unpaired) electrons. The van der Waals surface area contributed by atoms with Crippen molar-refractivity contribution in [1.82, 2.24) is 4.98 Å². The molecule has 3 amide bonds. The molecule has 38 heavy (non-hydrogen) atoms. The SMILES string of the molecule is CCOc1ccc(NC(=O)[C@H](C)Sc2nc3ccc(N4C(=O)c5cccc([N+](=O)[O-])c5C4=O)cc3s2)cc1. The lowest BCUT2D eigenvalue weighted by molar-refractivity contribution is -0.385. The minimum absolute atomic E-state index is 0.00258. The number of fused-ring (bicyclic) bond motifs is 2. The highest BCUT2D eigenvalue weighted by molar-refractivity contribution is 8.02. The number of nitrogens with zero attached hydrogens (tertiary/aromatic N) is 3. The number of hydrogen-bond donors (Lipinski definition) is 1. The molecule has 0 spiro atoms. The zero-order valence-electron chi connectivity index (χ0n) is 20.2. The largest absolute Gasteiger partial charge is 0.494 e. The van der Waals surface area contributed by atoms with E-state index in [1.807, 2.05) is 6.92 Å². The zero-order chi connectivity index (χ0) is 27.0. The predicted molar refractivity (Wildman–Crippen MR) is 145 cm³/mol. The molecule has 0 bridgehead atoms. The molecule has 1 atom stereocenters. The standard InChI is InChI=1S/C26H20N4O6S2/c1-3-36-17-10-7-15(8-11-17)27-23(31)14(2)37-26-28-19-12-9-16(13-21(19)38-26)29-24(32)18-5-4-6-20(30(34)35)22(18)25(29)33/h4-14H,3H2,1-2H3,(H,27,31)/t14-/m0/s1. The van der Waals surface area contributed by atoms with Gasteiger partial charge in [-0.25, -0.2) is 9.88 Å². The second kappa shape index (κ2) is 10.2. The summed E-state index contributed by atoms with van der Waals surface area (Å²) in [4.78, 5) is 54.9. The van der Waals surface area contributed by atoms with Gasteiger partial charge in [0.25, 0.3) is 17.5 Å². The van der Waals surface area contributed by atoms with Crippen LogP contribution in [0.15, 0.2) is 65.0 Å². The molecule has 5 rings (SSSR count). The topological polar surface area (TPSA) is 132 Å². The van der Waals surface area contributed by atoms with Crippen molar-refractivity contribution in [3.05, 3.63) is 81.9 Å². The van der Waals surface area contributed by atoms with Gasteiger partial charge in [0.2, 0.25) is 5.91 Å². The summed E-state index contributed by atoms with van der Waals surface area (Å²) in [5.74, 6) is -0.824. The van der Waals surface area contributed by atoms with Gasteiger partial charge in [0.15, 0.2) is 4.34 Å². The summed E-state index contributed by atoms with van der Waals surface area (Å²) in [5, 5.41) is 13.8. The molecule has 192 valence electrons. The van der Waals surface area contributed by atoms with Crippen molar-refractivity contribution < 1.29 is 24.0 Å². The average molecular weight is 549 g/mol. The molecule has 1 aliphatic heterocycles. The van der Waals surface area contributed by atoms with Crippen LogP contribution in [0.2, 0.25) is 0 Å². The van der Waals surface area contributed by atoms with Crippen LogP contribution in [0, 0.1) is 10.1 Å². The minimum Gasteiger partial charge on any atom is -0.494 e. The van der Waals surface area contributed by atoms with Gasteiger partial charge in [0.05, 0.1) is 38.2 Å². The first-order chi connectivity index (χ1) is 18.3. The quantitative estimate of drug-likeness (QED) is 0.132. The minimum atomic E-state index is -0.740. The second-order valence-electron chi connectivity index (χ2n) is 8.24. The number of thiazole rings is 1. The van der Waals surface area contributed by atoms with Crippen LogP contribution in [0.25, 0.3) is 10.2 Å². The van der Waals surface area contributed by atoms with Crippen molar-refractivity contribution in [1.29, 1.82) is 0 Å². The van der Waals surface area contributed by atoms with E-state index in [0.29, 0.717) is 32.5 Å². The third-order valence-electron chi connectivity index (χ3n) is 5.78. The molecule has 0 unspecified atom stereocenters. The highest BCUT2D eigenvalue weighted by Crippen LogP contribution is 2.38. The summed E-state index contributed by atoms with van der Waals surface area (Å²) in [6.45, 7) is 4.23. The molecule has 3 aromatic carbocycles. The zero-order valence-corrected chi connectivity index (χ0v) is 21.8. The summed E-state index contributed by atoms with van der Waals surface area (Å²) in [6, 6.07) is 16.0. The summed E-state index contributed by atoms with van der Waals surface area (Å²) in [6.07, 6.45) is 0. The number of carbonyl (C=O) groups is 3. The van der Waals surface area contributed by atoms with Crippen molar-refractivity contribution in [3.8, 4) is 5.75 Å². The van der Waals surface area contributed by atoms with Crippen LogP contribution in [-0.4, -0.2) is 39.5 Å². The fourth-order valence-electron chi connectivity index (χ4n) is 3.99. The van der Waals surface area contributed by atoms with Crippen molar-refractivity contribution in [2.24, 2.45) is 0 Å². The Kier molecular flexibility index (Phi) is 6.83. The van der Waals surface area contributed by atoms with Crippen LogP contribution in [0.4, 0.5) is 17.1 Å². The van der Waals surface area contributed by atoms with E-state index in [0.717, 1.165) is 10.6 Å². The number of hydrogen-bond acceptors (Lipinski definition) is 9. The third-order valence-corrected chi connectivity index (χ3v) is 7.99. The van der Waals surface area contributed by atoms with Gasteiger partial charge in [-0.2, -0.15) is 0 Å². The molecular formula is C26H20N4O6S2. The first-order valence-corrected chi connectivity index (χ1v) is 13.2. The summed E-state index contributed by atoms with van der Waals surface area (Å²) < 4.78 is 6.76. The van der Waals surface area contributed by atoms with Crippen molar-refractivity contribution >= 4 is 68.1 Å². The normalized spacial score (nSPS) is 13.5. The molecular weight excluding hydrogens is 528 g/mol. The van der Waals surface area contributed by atoms with Gasteiger partial charge >= 0.3 is 0 Å². The maximum atomic E-state index is 13.0. The van der Waals surface area contributed by atoms with E-state index in [1.165, 1.54) is 41.3 Å². The van der Waals surface area contributed by atoms with E-state index in [9.17, 15) is 24.5 Å². The Morgan fingerprint density at radius 1 is 1.16 bits per heavy atom. The molecule has 2 heterocycles. The highest BCUT2D eigenvalue weighted by Gasteiger charge is 2.41. The van der Waals surface area contributed by atoms with E-state index in [-0.39, 0.29) is 17.0 Å². The van der Waals surface area contributed by atoms with Gasteiger partial charge in [0, 0.05) is 11.8 Å². The van der Waals surface area contributed by atoms with Gasteiger partial charge in [0.1, 0.15) is 11.3 Å². The third kappa shape index (κ3) is 4.71. The highest BCUT2D eigenvalue weighted by atomic mass is 32.2. The number of nitro groups is 1.